The van der Waals surface area contributed by atoms with Crippen LogP contribution in [0.3, 0.4) is 0 Å². The average molecular weight is 726 g/mol. The van der Waals surface area contributed by atoms with Crippen LogP contribution in [0.1, 0.15) is 16.7 Å². The molecule has 0 atom stereocenters. The normalized spacial score (nSPS) is 10.6. The first-order chi connectivity index (χ1) is 19.6. The third-order valence-electron chi connectivity index (χ3n) is 7.00. The molecule has 41 heavy (non-hydrogen) atoms. The predicted molar refractivity (Wildman–Crippen MR) is 167 cm³/mol. The van der Waals surface area contributed by atoms with Crippen LogP contribution in [-0.2, 0) is 20.1 Å². The van der Waals surface area contributed by atoms with E-state index in [1.807, 2.05) is 30.6 Å². The first-order valence-electron chi connectivity index (χ1n) is 13.2. The molecule has 4 aromatic heterocycles. The molecule has 1 radical (unpaired) electrons. The van der Waals surface area contributed by atoms with Gasteiger partial charge in [0.15, 0.2) is 0 Å². The molecule has 0 saturated heterocycles. The van der Waals surface area contributed by atoms with Gasteiger partial charge in [-0.15, -0.1) is 46.7 Å². The SMILES string of the molecule is Cc1cnc(-c2[c-]cc(C)c(-c3ccccc3)c2)cc1C.[Ir].[c-]1cccnc1-c1cc2c(cn1)sc1ccccc12. The number of aryl methyl sites for hydroxylation is 3. The van der Waals surface area contributed by atoms with Crippen molar-refractivity contribution in [2.75, 3.05) is 0 Å². The fourth-order valence-electron chi connectivity index (χ4n) is 4.64. The molecule has 0 N–H and O–H groups in total. The topological polar surface area (TPSA) is 38.7 Å². The molecule has 0 bridgehead atoms. The number of benzene rings is 3. The number of nitrogens with zero attached hydrogens (tertiary/aromatic N) is 3. The summed E-state index contributed by atoms with van der Waals surface area (Å²) in [6, 6.07) is 37.6. The van der Waals surface area contributed by atoms with E-state index in [1.165, 1.54) is 48.0 Å². The molecular formula is C36H27IrN3S-2. The van der Waals surface area contributed by atoms with Crippen molar-refractivity contribution in [1.29, 1.82) is 0 Å². The number of pyridine rings is 3. The quantitative estimate of drug-likeness (QED) is 0.171. The Hall–Kier alpha value is -4.02. The van der Waals surface area contributed by atoms with Gasteiger partial charge in [0.05, 0.1) is 4.70 Å². The summed E-state index contributed by atoms with van der Waals surface area (Å²) in [4.78, 5) is 13.3. The Morgan fingerprint density at radius 3 is 2.20 bits per heavy atom. The van der Waals surface area contributed by atoms with E-state index in [9.17, 15) is 0 Å². The Kier molecular flexibility index (Phi) is 8.80. The average Bonchev–Trinajstić information content (AvgIpc) is 3.38. The summed E-state index contributed by atoms with van der Waals surface area (Å²) >= 11 is 1.77. The van der Waals surface area contributed by atoms with Crippen molar-refractivity contribution < 1.29 is 20.1 Å². The van der Waals surface area contributed by atoms with Gasteiger partial charge in [-0.3, -0.25) is 4.98 Å². The van der Waals surface area contributed by atoms with E-state index in [2.05, 4.69) is 121 Å². The smallest absolute Gasteiger partial charge is 0.0515 e. The largest absolute Gasteiger partial charge is 0.317 e. The molecule has 3 aromatic carbocycles. The summed E-state index contributed by atoms with van der Waals surface area (Å²) < 4.78 is 2.50. The number of fused-ring (bicyclic) bond motifs is 3. The molecule has 0 unspecified atom stereocenters. The van der Waals surface area contributed by atoms with E-state index < -0.39 is 0 Å². The van der Waals surface area contributed by atoms with Crippen LogP contribution in [0.2, 0.25) is 0 Å². The molecule has 0 amide bonds. The minimum atomic E-state index is 0. The van der Waals surface area contributed by atoms with E-state index in [0.29, 0.717) is 0 Å². The maximum atomic E-state index is 4.54. The maximum Gasteiger partial charge on any atom is 0.0515 e. The van der Waals surface area contributed by atoms with E-state index in [-0.39, 0.29) is 20.1 Å². The summed E-state index contributed by atoms with van der Waals surface area (Å²) in [5.74, 6) is 0. The van der Waals surface area contributed by atoms with Gasteiger partial charge in [0.25, 0.3) is 0 Å². The first kappa shape index (κ1) is 28.5. The summed E-state index contributed by atoms with van der Waals surface area (Å²) in [6.45, 7) is 6.32. The number of aromatic nitrogens is 3. The molecular weight excluding hydrogens is 699 g/mol. The zero-order valence-electron chi connectivity index (χ0n) is 23.0. The van der Waals surface area contributed by atoms with Crippen molar-refractivity contribution in [1.82, 2.24) is 15.0 Å². The van der Waals surface area contributed by atoms with Gasteiger partial charge in [0.1, 0.15) is 0 Å². The van der Waals surface area contributed by atoms with Crippen LogP contribution in [0.4, 0.5) is 0 Å². The van der Waals surface area contributed by atoms with Crippen LogP contribution in [0.5, 0.6) is 0 Å². The Bertz CT molecular complexity index is 1930. The van der Waals surface area contributed by atoms with Crippen molar-refractivity contribution in [3.8, 4) is 33.8 Å². The van der Waals surface area contributed by atoms with Crippen molar-refractivity contribution in [2.45, 2.75) is 20.8 Å². The fraction of sp³-hybridized carbons (Fsp3) is 0.0833. The maximum absolute atomic E-state index is 4.54. The molecule has 0 aliphatic carbocycles. The Labute approximate surface area is 258 Å². The molecule has 4 heterocycles. The van der Waals surface area contributed by atoms with Crippen molar-refractivity contribution in [2.24, 2.45) is 0 Å². The predicted octanol–water partition coefficient (Wildman–Crippen LogP) is 9.45. The van der Waals surface area contributed by atoms with Crippen LogP contribution in [0.25, 0.3) is 53.9 Å². The third kappa shape index (κ3) is 6.18. The van der Waals surface area contributed by atoms with Gasteiger partial charge < -0.3 is 9.97 Å². The number of hydrogen-bond donors (Lipinski definition) is 0. The summed E-state index contributed by atoms with van der Waals surface area (Å²) in [6.07, 6.45) is 5.63. The molecule has 7 rings (SSSR count). The van der Waals surface area contributed by atoms with Crippen molar-refractivity contribution in [3.63, 3.8) is 0 Å². The molecule has 3 nitrogen and oxygen atoms in total. The van der Waals surface area contributed by atoms with Gasteiger partial charge in [-0.05, 0) is 65.1 Å². The zero-order valence-corrected chi connectivity index (χ0v) is 26.2. The minimum absolute atomic E-state index is 0. The first-order valence-corrected chi connectivity index (χ1v) is 14.0. The van der Waals surface area contributed by atoms with E-state index in [4.69, 9.17) is 0 Å². The van der Waals surface area contributed by atoms with Crippen LogP contribution in [0, 0.1) is 32.9 Å². The summed E-state index contributed by atoms with van der Waals surface area (Å²) in [7, 11) is 0. The van der Waals surface area contributed by atoms with Crippen LogP contribution < -0.4 is 0 Å². The fourth-order valence-corrected chi connectivity index (χ4v) is 5.69. The van der Waals surface area contributed by atoms with Crippen molar-refractivity contribution >= 4 is 31.5 Å². The van der Waals surface area contributed by atoms with E-state index in [1.54, 1.807) is 17.5 Å². The Morgan fingerprint density at radius 1 is 0.634 bits per heavy atom. The van der Waals surface area contributed by atoms with Crippen LogP contribution in [0.15, 0.2) is 110 Å². The number of thiophene rings is 1. The summed E-state index contributed by atoms with van der Waals surface area (Å²) in [5, 5.41) is 2.52. The standard InChI is InChI=1S/C20H18N.C16H9N2S.Ir/c1-14-9-10-18(20-11-15(2)16(3)13-21-20)12-19(14)17-7-5-4-6-8-17;1-2-7-15-11(5-1)12-9-14(18-10-16(12)19-15)13-6-3-4-8-17-13;/h4-9,11-13H,1-3H3;1-5,7-10H;/q2*-1;. The molecule has 203 valence electrons. The van der Waals surface area contributed by atoms with Gasteiger partial charge in [0, 0.05) is 37.2 Å². The van der Waals surface area contributed by atoms with Gasteiger partial charge >= 0.3 is 0 Å². The molecule has 0 saturated carbocycles. The molecule has 0 aliphatic heterocycles. The summed E-state index contributed by atoms with van der Waals surface area (Å²) in [5.41, 5.74) is 9.87. The van der Waals surface area contributed by atoms with Gasteiger partial charge in [-0.25, -0.2) is 0 Å². The van der Waals surface area contributed by atoms with E-state index >= 15 is 0 Å². The zero-order chi connectivity index (χ0) is 27.5. The van der Waals surface area contributed by atoms with Gasteiger partial charge in [-0.2, -0.15) is 12.1 Å². The van der Waals surface area contributed by atoms with Crippen molar-refractivity contribution in [3.05, 3.63) is 138 Å². The Balaban J connectivity index is 0.000000161. The molecule has 0 fully saturated rings. The van der Waals surface area contributed by atoms with Gasteiger partial charge in [-0.1, -0.05) is 78.7 Å². The second kappa shape index (κ2) is 12.7. The second-order valence-electron chi connectivity index (χ2n) is 9.76. The van der Waals surface area contributed by atoms with Crippen LogP contribution >= 0.6 is 11.3 Å². The van der Waals surface area contributed by atoms with E-state index in [0.717, 1.165) is 22.6 Å². The van der Waals surface area contributed by atoms with Crippen LogP contribution in [-0.4, -0.2) is 15.0 Å². The third-order valence-corrected chi connectivity index (χ3v) is 8.13. The number of hydrogen-bond acceptors (Lipinski definition) is 4. The Morgan fingerprint density at radius 2 is 1.41 bits per heavy atom. The van der Waals surface area contributed by atoms with Gasteiger partial charge in [0.2, 0.25) is 0 Å². The second-order valence-corrected chi connectivity index (χ2v) is 10.8. The molecule has 0 aliphatic rings. The monoisotopic (exact) mass is 726 g/mol. The molecule has 0 spiro atoms. The molecule has 5 heteroatoms. The number of rotatable bonds is 3. The minimum Gasteiger partial charge on any atom is -0.317 e. The molecule has 7 aromatic rings.